The van der Waals surface area contributed by atoms with Gasteiger partial charge in [0.25, 0.3) is 5.91 Å². The van der Waals surface area contributed by atoms with E-state index >= 15 is 0 Å². The van der Waals surface area contributed by atoms with Gasteiger partial charge in [-0.1, -0.05) is 12.1 Å². The lowest BCUT2D eigenvalue weighted by Crippen LogP contribution is -2.13. The Labute approximate surface area is 149 Å². The highest BCUT2D eigenvalue weighted by atomic mass is 32.2. The zero-order chi connectivity index (χ0) is 18.3. The number of benzene rings is 1. The summed E-state index contributed by atoms with van der Waals surface area (Å²) in [6.45, 7) is 0. The summed E-state index contributed by atoms with van der Waals surface area (Å²) in [5.74, 6) is -0.480. The van der Waals surface area contributed by atoms with Gasteiger partial charge in [-0.05, 0) is 36.4 Å². The maximum atomic E-state index is 12.7. The Morgan fingerprint density at radius 3 is 2.77 bits per heavy atom. The topological polar surface area (TPSA) is 93.4 Å². The molecule has 0 bridgehead atoms. The lowest BCUT2D eigenvalue weighted by molar-refractivity contribution is 0.102. The summed E-state index contributed by atoms with van der Waals surface area (Å²) in [5, 5.41) is 3.49. The number of nitrogens with zero attached hydrogens (tertiary/aromatic N) is 3. The average molecular weight is 366 g/mol. The molecule has 130 valence electrons. The number of aromatic nitrogens is 3. The van der Waals surface area contributed by atoms with Crippen LogP contribution >= 0.6 is 0 Å². The molecule has 3 heterocycles. The first-order valence-electron chi connectivity index (χ1n) is 7.77. The number of nitrogens with one attached hydrogen (secondary N) is 1. The predicted octanol–water partition coefficient (Wildman–Crippen LogP) is 2.54. The maximum Gasteiger partial charge on any atom is 0.276 e. The molecular formula is C18H14N4O3S. The molecule has 1 amide bonds. The van der Waals surface area contributed by atoms with Crippen LogP contribution in [-0.4, -0.2) is 34.9 Å². The number of amides is 1. The SMILES string of the molecule is CS(=O)(=O)c1nc(C(=O)Nc2ccc3ncccc3c2)c2ccccn12. The van der Waals surface area contributed by atoms with Crippen molar-refractivity contribution in [1.29, 1.82) is 0 Å². The number of hydrogen-bond acceptors (Lipinski definition) is 5. The van der Waals surface area contributed by atoms with E-state index in [4.69, 9.17) is 0 Å². The fourth-order valence-electron chi connectivity index (χ4n) is 2.78. The first-order chi connectivity index (χ1) is 12.4. The summed E-state index contributed by atoms with van der Waals surface area (Å²) in [7, 11) is -3.58. The van der Waals surface area contributed by atoms with Crippen LogP contribution in [0.2, 0.25) is 0 Å². The van der Waals surface area contributed by atoms with Crippen LogP contribution in [0.3, 0.4) is 0 Å². The van der Waals surface area contributed by atoms with Gasteiger partial charge in [0.1, 0.15) is 0 Å². The highest BCUT2D eigenvalue weighted by Gasteiger charge is 2.22. The first kappa shape index (κ1) is 16.2. The van der Waals surface area contributed by atoms with Crippen molar-refractivity contribution in [3.8, 4) is 0 Å². The predicted molar refractivity (Wildman–Crippen MR) is 98.0 cm³/mol. The fourth-order valence-corrected chi connectivity index (χ4v) is 3.56. The Morgan fingerprint density at radius 2 is 1.96 bits per heavy atom. The summed E-state index contributed by atoms with van der Waals surface area (Å²) < 4.78 is 25.3. The molecule has 0 spiro atoms. The van der Waals surface area contributed by atoms with E-state index in [1.54, 1.807) is 48.8 Å². The average Bonchev–Trinajstić information content (AvgIpc) is 3.02. The number of carbonyl (C=O) groups excluding carboxylic acids is 1. The van der Waals surface area contributed by atoms with Crippen molar-refractivity contribution < 1.29 is 13.2 Å². The van der Waals surface area contributed by atoms with Crippen molar-refractivity contribution in [2.24, 2.45) is 0 Å². The van der Waals surface area contributed by atoms with Gasteiger partial charge in [0, 0.05) is 29.7 Å². The van der Waals surface area contributed by atoms with Gasteiger partial charge in [-0.2, -0.15) is 0 Å². The molecule has 8 heteroatoms. The largest absolute Gasteiger partial charge is 0.321 e. The van der Waals surface area contributed by atoms with Crippen LogP contribution in [0.15, 0.2) is 66.1 Å². The highest BCUT2D eigenvalue weighted by molar-refractivity contribution is 7.90. The van der Waals surface area contributed by atoms with Crippen LogP contribution in [0.1, 0.15) is 10.5 Å². The third-order valence-electron chi connectivity index (χ3n) is 3.92. The molecule has 1 N–H and O–H groups in total. The standard InChI is InChI=1S/C18H14N4O3S/c1-26(24,25)18-21-16(15-6-2-3-10-22(15)18)17(23)20-13-7-8-14-12(11-13)5-4-9-19-14/h2-11H,1H3,(H,20,23). The van der Waals surface area contributed by atoms with Crippen molar-refractivity contribution in [2.45, 2.75) is 5.16 Å². The molecule has 0 unspecified atom stereocenters. The number of fused-ring (bicyclic) bond motifs is 2. The summed E-state index contributed by atoms with van der Waals surface area (Å²) in [5.41, 5.74) is 1.87. The second-order valence-electron chi connectivity index (χ2n) is 5.84. The molecule has 0 aliphatic heterocycles. The lowest BCUT2D eigenvalue weighted by atomic mass is 10.2. The minimum atomic E-state index is -3.58. The van der Waals surface area contributed by atoms with Crippen LogP contribution in [0, 0.1) is 0 Å². The monoisotopic (exact) mass is 366 g/mol. The van der Waals surface area contributed by atoms with E-state index in [-0.39, 0.29) is 10.9 Å². The molecule has 0 aliphatic rings. The number of pyridine rings is 2. The van der Waals surface area contributed by atoms with Crippen molar-refractivity contribution >= 4 is 37.9 Å². The zero-order valence-electron chi connectivity index (χ0n) is 13.7. The number of rotatable bonds is 3. The number of hydrogen-bond donors (Lipinski definition) is 1. The van der Waals surface area contributed by atoms with Crippen molar-refractivity contribution in [2.75, 3.05) is 11.6 Å². The number of carbonyl (C=O) groups is 1. The van der Waals surface area contributed by atoms with Crippen LogP contribution in [0.4, 0.5) is 5.69 Å². The van der Waals surface area contributed by atoms with E-state index in [1.165, 1.54) is 4.40 Å². The Hall–Kier alpha value is -3.26. The number of imidazole rings is 1. The summed E-state index contributed by atoms with van der Waals surface area (Å²) in [4.78, 5) is 21.0. The molecular weight excluding hydrogens is 352 g/mol. The normalized spacial score (nSPS) is 11.7. The van der Waals surface area contributed by atoms with Crippen LogP contribution in [0.25, 0.3) is 16.4 Å². The molecule has 0 atom stereocenters. The molecule has 0 radical (unpaired) electrons. The molecule has 4 rings (SSSR count). The third-order valence-corrected chi connectivity index (χ3v) is 4.87. The molecule has 1 aromatic carbocycles. The van der Waals surface area contributed by atoms with Crippen LogP contribution in [-0.2, 0) is 9.84 Å². The van der Waals surface area contributed by atoms with Crippen molar-refractivity contribution in [1.82, 2.24) is 14.4 Å². The van der Waals surface area contributed by atoms with E-state index in [9.17, 15) is 13.2 Å². The minimum absolute atomic E-state index is 0.0531. The smallest absolute Gasteiger partial charge is 0.276 e. The van der Waals surface area contributed by atoms with Gasteiger partial charge in [0.05, 0.1) is 11.0 Å². The van der Waals surface area contributed by atoms with Gasteiger partial charge in [-0.25, -0.2) is 13.4 Å². The highest BCUT2D eigenvalue weighted by Crippen LogP contribution is 2.20. The van der Waals surface area contributed by atoms with Gasteiger partial charge in [-0.15, -0.1) is 0 Å². The lowest BCUT2D eigenvalue weighted by Gasteiger charge is -2.05. The third kappa shape index (κ3) is 2.80. The van der Waals surface area contributed by atoms with Gasteiger partial charge < -0.3 is 5.32 Å². The minimum Gasteiger partial charge on any atom is -0.321 e. The Morgan fingerprint density at radius 1 is 1.12 bits per heavy atom. The van der Waals surface area contributed by atoms with Gasteiger partial charge >= 0.3 is 0 Å². The Bertz CT molecular complexity index is 1260. The van der Waals surface area contributed by atoms with E-state index in [1.807, 2.05) is 12.1 Å². The summed E-state index contributed by atoms with van der Waals surface area (Å²) in [6.07, 6.45) is 4.33. The summed E-state index contributed by atoms with van der Waals surface area (Å²) >= 11 is 0. The van der Waals surface area contributed by atoms with Crippen LogP contribution in [0.5, 0.6) is 0 Å². The van der Waals surface area contributed by atoms with E-state index < -0.39 is 15.7 Å². The van der Waals surface area contributed by atoms with Crippen LogP contribution < -0.4 is 5.32 Å². The van der Waals surface area contributed by atoms with Crippen molar-refractivity contribution in [3.05, 3.63) is 66.6 Å². The van der Waals surface area contributed by atoms with Gasteiger partial charge in [0.15, 0.2) is 5.69 Å². The quantitative estimate of drug-likeness (QED) is 0.601. The Balaban J connectivity index is 1.76. The second-order valence-corrected chi connectivity index (χ2v) is 7.75. The molecule has 0 fully saturated rings. The number of sulfone groups is 1. The molecule has 26 heavy (non-hydrogen) atoms. The first-order valence-corrected chi connectivity index (χ1v) is 9.66. The van der Waals surface area contributed by atoms with E-state index in [0.717, 1.165) is 17.2 Å². The van der Waals surface area contributed by atoms with E-state index in [0.29, 0.717) is 11.2 Å². The van der Waals surface area contributed by atoms with E-state index in [2.05, 4.69) is 15.3 Å². The molecule has 0 saturated carbocycles. The molecule has 7 nitrogen and oxygen atoms in total. The molecule has 0 saturated heterocycles. The molecule has 4 aromatic rings. The number of anilines is 1. The summed E-state index contributed by atoms with van der Waals surface area (Å²) in [6, 6.07) is 14.1. The maximum absolute atomic E-state index is 12.7. The van der Waals surface area contributed by atoms with Gasteiger partial charge in [0.2, 0.25) is 15.0 Å². The fraction of sp³-hybridized carbons (Fsp3) is 0.0556. The van der Waals surface area contributed by atoms with Crippen molar-refractivity contribution in [3.63, 3.8) is 0 Å². The van der Waals surface area contributed by atoms with Gasteiger partial charge in [-0.3, -0.25) is 14.2 Å². The zero-order valence-corrected chi connectivity index (χ0v) is 14.6. The Kier molecular flexibility index (Phi) is 3.69. The molecule has 3 aromatic heterocycles. The second kappa shape index (κ2) is 5.92. The molecule has 0 aliphatic carbocycles.